The van der Waals surface area contributed by atoms with Crippen LogP contribution in [0.2, 0.25) is 5.02 Å². The van der Waals surface area contributed by atoms with Gasteiger partial charge in [0.25, 0.3) is 0 Å². The van der Waals surface area contributed by atoms with Crippen molar-refractivity contribution in [3.63, 3.8) is 0 Å². The first kappa shape index (κ1) is 20.0. The topological polar surface area (TPSA) is 67.9 Å². The number of rotatable bonds is 7. The molecule has 1 unspecified atom stereocenters. The molecule has 0 bridgehead atoms. The Kier molecular flexibility index (Phi) is 6.41. The number of nitrogens with one attached hydrogen (secondary N) is 1. The summed E-state index contributed by atoms with van der Waals surface area (Å²) >= 11 is 5.95. The van der Waals surface area contributed by atoms with E-state index in [0.29, 0.717) is 29.6 Å². The second-order valence-corrected chi connectivity index (χ2v) is 7.04. The first-order valence-electron chi connectivity index (χ1n) is 9.15. The van der Waals surface area contributed by atoms with Crippen molar-refractivity contribution in [1.29, 1.82) is 0 Å². The van der Waals surface area contributed by atoms with E-state index in [-0.39, 0.29) is 25.0 Å². The Hall–Kier alpha value is -2.73. The van der Waals surface area contributed by atoms with Crippen LogP contribution in [-0.2, 0) is 16.1 Å². The number of benzene rings is 2. The lowest BCUT2D eigenvalue weighted by Crippen LogP contribution is -2.35. The highest BCUT2D eigenvalue weighted by atomic mass is 35.5. The highest BCUT2D eigenvalue weighted by Crippen LogP contribution is 2.33. The van der Waals surface area contributed by atoms with Gasteiger partial charge >= 0.3 is 0 Å². The fraction of sp³-hybridized carbons (Fsp3) is 0.333. The maximum Gasteiger partial charge on any atom is 0.231 e. The molecule has 6 nitrogen and oxygen atoms in total. The van der Waals surface area contributed by atoms with Crippen LogP contribution in [0.5, 0.6) is 11.5 Å². The Morgan fingerprint density at radius 3 is 2.54 bits per heavy atom. The molecule has 2 amide bonds. The van der Waals surface area contributed by atoms with Crippen LogP contribution in [0.25, 0.3) is 0 Å². The molecule has 0 saturated heterocycles. The zero-order valence-corrected chi connectivity index (χ0v) is 16.7. The van der Waals surface area contributed by atoms with Crippen molar-refractivity contribution in [3.05, 3.63) is 58.6 Å². The fourth-order valence-electron chi connectivity index (χ4n) is 3.13. The maximum absolute atomic E-state index is 12.9. The highest BCUT2D eigenvalue weighted by Gasteiger charge is 2.22. The molecule has 0 fully saturated rings. The molecule has 28 heavy (non-hydrogen) atoms. The van der Waals surface area contributed by atoms with Crippen LogP contribution in [0, 0.1) is 0 Å². The number of hydrogen-bond donors (Lipinski definition) is 1. The Labute approximate surface area is 169 Å². The van der Waals surface area contributed by atoms with Gasteiger partial charge in [0.1, 0.15) is 0 Å². The van der Waals surface area contributed by atoms with Gasteiger partial charge in [-0.3, -0.25) is 9.59 Å². The van der Waals surface area contributed by atoms with E-state index in [4.69, 9.17) is 21.1 Å². The SMILES string of the molecule is CCN(Cc1ccc2c(c1)OCO2)C(=O)CC(NC(C)=O)c1ccc(Cl)cc1. The van der Waals surface area contributed by atoms with Gasteiger partial charge in [0.15, 0.2) is 11.5 Å². The van der Waals surface area contributed by atoms with E-state index in [9.17, 15) is 9.59 Å². The van der Waals surface area contributed by atoms with Crippen molar-refractivity contribution in [2.45, 2.75) is 32.9 Å². The lowest BCUT2D eigenvalue weighted by molar-refractivity contribution is -0.132. The Morgan fingerprint density at radius 1 is 1.14 bits per heavy atom. The molecule has 0 spiro atoms. The number of carbonyl (C=O) groups excluding carboxylic acids is 2. The normalized spacial score (nSPS) is 13.1. The predicted octanol–water partition coefficient (Wildman–Crippen LogP) is 3.68. The summed E-state index contributed by atoms with van der Waals surface area (Å²) in [5.41, 5.74) is 1.80. The molecule has 0 radical (unpaired) electrons. The van der Waals surface area contributed by atoms with Crippen LogP contribution in [0.4, 0.5) is 0 Å². The first-order valence-corrected chi connectivity index (χ1v) is 9.53. The van der Waals surface area contributed by atoms with E-state index in [0.717, 1.165) is 11.1 Å². The summed E-state index contributed by atoms with van der Waals surface area (Å²) in [6.07, 6.45) is 0.166. The van der Waals surface area contributed by atoms with E-state index in [1.165, 1.54) is 6.92 Å². The van der Waals surface area contributed by atoms with E-state index in [1.54, 1.807) is 17.0 Å². The first-order chi connectivity index (χ1) is 13.5. The Bertz CT molecular complexity index is 854. The summed E-state index contributed by atoms with van der Waals surface area (Å²) in [6.45, 7) is 4.60. The highest BCUT2D eigenvalue weighted by molar-refractivity contribution is 6.30. The van der Waals surface area contributed by atoms with Gasteiger partial charge in [-0.2, -0.15) is 0 Å². The van der Waals surface area contributed by atoms with E-state index in [1.807, 2.05) is 37.3 Å². The molecule has 7 heteroatoms. The van der Waals surface area contributed by atoms with Gasteiger partial charge in [-0.25, -0.2) is 0 Å². The van der Waals surface area contributed by atoms with Crippen LogP contribution in [0.15, 0.2) is 42.5 Å². The summed E-state index contributed by atoms with van der Waals surface area (Å²) in [4.78, 5) is 26.3. The van der Waals surface area contributed by atoms with Gasteiger partial charge in [0.2, 0.25) is 18.6 Å². The van der Waals surface area contributed by atoms with Crippen molar-refractivity contribution < 1.29 is 19.1 Å². The Balaban J connectivity index is 1.71. The number of hydrogen-bond acceptors (Lipinski definition) is 4. The molecule has 1 N–H and O–H groups in total. The van der Waals surface area contributed by atoms with Crippen LogP contribution in [-0.4, -0.2) is 30.1 Å². The summed E-state index contributed by atoms with van der Waals surface area (Å²) in [5, 5.41) is 3.46. The average Bonchev–Trinajstić information content (AvgIpc) is 3.13. The summed E-state index contributed by atoms with van der Waals surface area (Å²) in [5.74, 6) is 1.17. The van der Waals surface area contributed by atoms with E-state index >= 15 is 0 Å². The number of halogens is 1. The molecule has 0 aliphatic carbocycles. The molecule has 1 aliphatic heterocycles. The van der Waals surface area contributed by atoms with Crippen molar-refractivity contribution in [1.82, 2.24) is 10.2 Å². The molecule has 148 valence electrons. The predicted molar refractivity (Wildman–Crippen MR) is 106 cm³/mol. The number of amides is 2. The van der Waals surface area contributed by atoms with Crippen molar-refractivity contribution in [2.24, 2.45) is 0 Å². The molecule has 0 aromatic heterocycles. The smallest absolute Gasteiger partial charge is 0.231 e. The quantitative estimate of drug-likeness (QED) is 0.767. The number of nitrogens with zero attached hydrogens (tertiary/aromatic N) is 1. The zero-order valence-electron chi connectivity index (χ0n) is 15.9. The average molecular weight is 403 g/mol. The summed E-state index contributed by atoms with van der Waals surface area (Å²) < 4.78 is 10.7. The number of ether oxygens (including phenoxy) is 2. The third-order valence-electron chi connectivity index (χ3n) is 4.57. The molecule has 2 aromatic rings. The Morgan fingerprint density at radius 2 is 1.86 bits per heavy atom. The largest absolute Gasteiger partial charge is 0.454 e. The molecule has 1 atom stereocenters. The van der Waals surface area contributed by atoms with E-state index < -0.39 is 6.04 Å². The zero-order chi connectivity index (χ0) is 20.1. The van der Waals surface area contributed by atoms with Gasteiger partial charge in [-0.1, -0.05) is 29.8 Å². The van der Waals surface area contributed by atoms with Gasteiger partial charge in [-0.15, -0.1) is 0 Å². The van der Waals surface area contributed by atoms with Crippen molar-refractivity contribution >= 4 is 23.4 Å². The maximum atomic E-state index is 12.9. The summed E-state index contributed by atoms with van der Waals surface area (Å²) in [6, 6.07) is 12.4. The third kappa shape index (κ3) is 4.95. The molecule has 2 aromatic carbocycles. The number of fused-ring (bicyclic) bond motifs is 1. The van der Waals surface area contributed by atoms with Gasteiger partial charge in [0.05, 0.1) is 12.5 Å². The lowest BCUT2D eigenvalue weighted by atomic mass is 10.0. The van der Waals surface area contributed by atoms with E-state index in [2.05, 4.69) is 5.32 Å². The van der Waals surface area contributed by atoms with Crippen LogP contribution in [0.3, 0.4) is 0 Å². The molecule has 3 rings (SSSR count). The summed E-state index contributed by atoms with van der Waals surface area (Å²) in [7, 11) is 0. The monoisotopic (exact) mass is 402 g/mol. The van der Waals surface area contributed by atoms with Crippen molar-refractivity contribution in [3.8, 4) is 11.5 Å². The second-order valence-electron chi connectivity index (χ2n) is 6.60. The molecular formula is C21H23ClN2O4. The molecular weight excluding hydrogens is 380 g/mol. The minimum atomic E-state index is -0.409. The van der Waals surface area contributed by atoms with Crippen LogP contribution in [0.1, 0.15) is 37.4 Å². The van der Waals surface area contributed by atoms with Gasteiger partial charge in [0, 0.05) is 25.0 Å². The van der Waals surface area contributed by atoms with Crippen molar-refractivity contribution in [2.75, 3.05) is 13.3 Å². The minimum Gasteiger partial charge on any atom is -0.454 e. The standard InChI is InChI=1S/C21H23ClN2O4/c1-3-24(12-15-4-9-19-20(10-15)28-13-27-19)21(26)11-18(23-14(2)25)16-5-7-17(22)8-6-16/h4-10,18H,3,11-13H2,1-2H3,(H,23,25). The minimum absolute atomic E-state index is 0.0473. The van der Waals surface area contributed by atoms with Crippen LogP contribution >= 0.6 is 11.6 Å². The number of carbonyl (C=O) groups is 2. The van der Waals surface area contributed by atoms with Crippen LogP contribution < -0.4 is 14.8 Å². The van der Waals surface area contributed by atoms with Gasteiger partial charge < -0.3 is 19.7 Å². The molecule has 1 aliphatic rings. The fourth-order valence-corrected chi connectivity index (χ4v) is 3.26. The second kappa shape index (κ2) is 8.97. The lowest BCUT2D eigenvalue weighted by Gasteiger charge is -2.25. The third-order valence-corrected chi connectivity index (χ3v) is 4.83. The van der Waals surface area contributed by atoms with Gasteiger partial charge in [-0.05, 0) is 42.3 Å². The molecule has 0 saturated carbocycles. The molecule has 1 heterocycles.